The Bertz CT molecular complexity index is 1010. The van der Waals surface area contributed by atoms with Crippen LogP contribution in [-0.4, -0.2) is 46.5 Å². The van der Waals surface area contributed by atoms with Crippen molar-refractivity contribution >= 4 is 28.4 Å². The third kappa shape index (κ3) is 4.94. The standard InChI is InChI=1S/C22H24FN5OS/c1-15-11-16(2)13-19(12-15)24-21(29)27-7-9-28(10-8-27)22-25-20(26-30-22)14-17-3-5-18(23)6-4-17/h3-6,11-13H,7-10,14H2,1-2H3,(H,24,29). The summed E-state index contributed by atoms with van der Waals surface area (Å²) in [5.41, 5.74) is 4.06. The van der Waals surface area contributed by atoms with Crippen LogP contribution in [0.15, 0.2) is 42.5 Å². The lowest BCUT2D eigenvalue weighted by Crippen LogP contribution is -2.50. The minimum absolute atomic E-state index is 0.0751. The van der Waals surface area contributed by atoms with Gasteiger partial charge in [-0.25, -0.2) is 14.2 Å². The fraction of sp³-hybridized carbons (Fsp3) is 0.318. The quantitative estimate of drug-likeness (QED) is 0.679. The van der Waals surface area contributed by atoms with Gasteiger partial charge in [-0.05, 0) is 54.8 Å². The van der Waals surface area contributed by atoms with E-state index in [-0.39, 0.29) is 11.8 Å². The van der Waals surface area contributed by atoms with E-state index >= 15 is 0 Å². The van der Waals surface area contributed by atoms with Crippen LogP contribution >= 0.6 is 11.5 Å². The SMILES string of the molecule is Cc1cc(C)cc(NC(=O)N2CCN(c3nc(Cc4ccc(F)cc4)ns3)CC2)c1. The summed E-state index contributed by atoms with van der Waals surface area (Å²) in [5, 5.41) is 3.86. The molecule has 1 fully saturated rings. The van der Waals surface area contributed by atoms with Crippen LogP contribution in [0.3, 0.4) is 0 Å². The molecule has 6 nitrogen and oxygen atoms in total. The van der Waals surface area contributed by atoms with Gasteiger partial charge in [0.05, 0.1) is 0 Å². The first-order valence-corrected chi connectivity index (χ1v) is 10.7. The number of hydrogen-bond donors (Lipinski definition) is 1. The number of nitrogens with one attached hydrogen (secondary N) is 1. The number of halogens is 1. The number of anilines is 2. The fourth-order valence-electron chi connectivity index (χ4n) is 3.58. The molecule has 0 spiro atoms. The number of amides is 2. The van der Waals surface area contributed by atoms with E-state index in [1.54, 1.807) is 12.1 Å². The van der Waals surface area contributed by atoms with Crippen molar-refractivity contribution in [3.05, 3.63) is 70.8 Å². The molecule has 2 heterocycles. The highest BCUT2D eigenvalue weighted by atomic mass is 32.1. The van der Waals surface area contributed by atoms with Gasteiger partial charge >= 0.3 is 6.03 Å². The van der Waals surface area contributed by atoms with E-state index in [0.717, 1.165) is 33.3 Å². The molecule has 1 aliphatic rings. The van der Waals surface area contributed by atoms with Gasteiger partial charge in [-0.3, -0.25) is 0 Å². The zero-order chi connectivity index (χ0) is 21.1. The molecule has 30 heavy (non-hydrogen) atoms. The molecule has 2 aromatic carbocycles. The van der Waals surface area contributed by atoms with Crippen molar-refractivity contribution in [3.63, 3.8) is 0 Å². The summed E-state index contributed by atoms with van der Waals surface area (Å²) in [7, 11) is 0. The number of carbonyl (C=O) groups is 1. The number of benzene rings is 2. The number of aryl methyl sites for hydroxylation is 2. The maximum atomic E-state index is 13.1. The highest BCUT2D eigenvalue weighted by Crippen LogP contribution is 2.21. The van der Waals surface area contributed by atoms with Gasteiger partial charge in [-0.15, -0.1) is 0 Å². The van der Waals surface area contributed by atoms with E-state index in [0.29, 0.717) is 32.6 Å². The van der Waals surface area contributed by atoms with Gasteiger partial charge in [0.2, 0.25) is 5.13 Å². The second-order valence-electron chi connectivity index (χ2n) is 7.58. The number of nitrogens with zero attached hydrogens (tertiary/aromatic N) is 4. The van der Waals surface area contributed by atoms with Crippen molar-refractivity contribution in [1.82, 2.24) is 14.3 Å². The molecular formula is C22H24FN5OS. The number of hydrogen-bond acceptors (Lipinski definition) is 5. The number of urea groups is 1. The third-order valence-corrected chi connectivity index (χ3v) is 5.86. The summed E-state index contributed by atoms with van der Waals surface area (Å²) < 4.78 is 17.5. The largest absolute Gasteiger partial charge is 0.343 e. The van der Waals surface area contributed by atoms with Crippen LogP contribution in [0.4, 0.5) is 20.0 Å². The summed E-state index contributed by atoms with van der Waals surface area (Å²) in [4.78, 5) is 21.2. The van der Waals surface area contributed by atoms with Crippen LogP contribution in [0.5, 0.6) is 0 Å². The maximum Gasteiger partial charge on any atom is 0.321 e. The average molecular weight is 426 g/mol. The molecule has 1 aliphatic heterocycles. The van der Waals surface area contributed by atoms with E-state index in [1.165, 1.54) is 23.7 Å². The molecule has 0 bridgehead atoms. The van der Waals surface area contributed by atoms with E-state index in [4.69, 9.17) is 0 Å². The number of rotatable bonds is 4. The van der Waals surface area contributed by atoms with Gasteiger partial charge in [-0.1, -0.05) is 18.2 Å². The molecule has 1 saturated heterocycles. The van der Waals surface area contributed by atoms with Crippen molar-refractivity contribution in [2.45, 2.75) is 20.3 Å². The van der Waals surface area contributed by atoms with Gasteiger partial charge in [0.1, 0.15) is 11.6 Å². The van der Waals surface area contributed by atoms with Crippen molar-refractivity contribution in [2.75, 3.05) is 36.4 Å². The van der Waals surface area contributed by atoms with Gasteiger partial charge in [0.25, 0.3) is 0 Å². The smallest absolute Gasteiger partial charge is 0.321 e. The van der Waals surface area contributed by atoms with Gasteiger partial charge < -0.3 is 15.1 Å². The molecule has 0 radical (unpaired) electrons. The van der Waals surface area contributed by atoms with Crippen molar-refractivity contribution in [1.29, 1.82) is 0 Å². The normalized spacial score (nSPS) is 14.1. The Morgan fingerprint density at radius 2 is 1.73 bits per heavy atom. The molecule has 2 amide bonds. The minimum atomic E-state index is -0.245. The first kappa shape index (κ1) is 20.3. The minimum Gasteiger partial charge on any atom is -0.343 e. The van der Waals surface area contributed by atoms with Crippen LogP contribution in [-0.2, 0) is 6.42 Å². The number of aromatic nitrogens is 2. The molecule has 3 aromatic rings. The Kier molecular flexibility index (Phi) is 5.94. The molecule has 0 unspecified atom stereocenters. The molecule has 0 saturated carbocycles. The summed E-state index contributed by atoms with van der Waals surface area (Å²) >= 11 is 1.37. The molecule has 0 atom stereocenters. The zero-order valence-electron chi connectivity index (χ0n) is 17.1. The Morgan fingerprint density at radius 3 is 2.40 bits per heavy atom. The Balaban J connectivity index is 1.31. The summed E-state index contributed by atoms with van der Waals surface area (Å²) in [6.45, 7) is 6.73. The lowest BCUT2D eigenvalue weighted by Gasteiger charge is -2.34. The Labute approximate surface area is 179 Å². The van der Waals surface area contributed by atoms with Crippen LogP contribution < -0.4 is 10.2 Å². The molecule has 156 valence electrons. The lowest BCUT2D eigenvalue weighted by molar-refractivity contribution is 0.208. The molecule has 1 aromatic heterocycles. The number of piperazine rings is 1. The molecule has 4 rings (SSSR count). The second kappa shape index (κ2) is 8.79. The predicted octanol–water partition coefficient (Wildman–Crippen LogP) is 4.24. The monoisotopic (exact) mass is 425 g/mol. The zero-order valence-corrected chi connectivity index (χ0v) is 17.9. The third-order valence-electron chi connectivity index (χ3n) is 5.04. The summed E-state index contributed by atoms with van der Waals surface area (Å²) in [5.74, 6) is 0.488. The maximum absolute atomic E-state index is 13.1. The summed E-state index contributed by atoms with van der Waals surface area (Å²) in [6.07, 6.45) is 0.578. The van der Waals surface area contributed by atoms with E-state index < -0.39 is 0 Å². The van der Waals surface area contributed by atoms with Gasteiger partial charge in [-0.2, -0.15) is 4.37 Å². The van der Waals surface area contributed by atoms with Crippen LogP contribution in [0.2, 0.25) is 0 Å². The molecular weight excluding hydrogens is 401 g/mol. The number of carbonyl (C=O) groups excluding carboxylic acids is 1. The Hall–Kier alpha value is -3.00. The second-order valence-corrected chi connectivity index (χ2v) is 8.31. The van der Waals surface area contributed by atoms with Crippen LogP contribution in [0.25, 0.3) is 0 Å². The van der Waals surface area contributed by atoms with Crippen LogP contribution in [0.1, 0.15) is 22.5 Å². The topological polar surface area (TPSA) is 61.4 Å². The van der Waals surface area contributed by atoms with Crippen molar-refractivity contribution < 1.29 is 9.18 Å². The van der Waals surface area contributed by atoms with Crippen molar-refractivity contribution in [2.24, 2.45) is 0 Å². The first-order valence-electron chi connectivity index (χ1n) is 9.92. The van der Waals surface area contributed by atoms with Crippen molar-refractivity contribution in [3.8, 4) is 0 Å². The average Bonchev–Trinajstić information content (AvgIpc) is 3.17. The Morgan fingerprint density at radius 1 is 1.07 bits per heavy atom. The highest BCUT2D eigenvalue weighted by molar-refractivity contribution is 7.09. The van der Waals surface area contributed by atoms with E-state index in [1.807, 2.05) is 30.9 Å². The van der Waals surface area contributed by atoms with Gasteiger partial charge in [0, 0.05) is 49.8 Å². The predicted molar refractivity (Wildman–Crippen MR) is 118 cm³/mol. The molecule has 8 heteroatoms. The first-order chi connectivity index (χ1) is 14.5. The van der Waals surface area contributed by atoms with E-state index in [2.05, 4.69) is 25.6 Å². The highest BCUT2D eigenvalue weighted by Gasteiger charge is 2.23. The summed E-state index contributed by atoms with van der Waals surface area (Å²) in [6, 6.07) is 12.4. The van der Waals surface area contributed by atoms with Crippen LogP contribution in [0, 0.1) is 19.7 Å². The lowest BCUT2D eigenvalue weighted by atomic mass is 10.1. The fourth-order valence-corrected chi connectivity index (χ4v) is 4.32. The van der Waals surface area contributed by atoms with Gasteiger partial charge in [0.15, 0.2) is 0 Å². The molecule has 0 aliphatic carbocycles. The van der Waals surface area contributed by atoms with E-state index in [9.17, 15) is 9.18 Å². The molecule has 1 N–H and O–H groups in total.